The van der Waals surface area contributed by atoms with Gasteiger partial charge in [0.25, 0.3) is 5.91 Å². The number of hydrogen-bond donors (Lipinski definition) is 1. The number of carbonyl (C=O) groups is 2. The molecular formula is C24H29ClN2O5. The molecule has 0 unspecified atom stereocenters. The Morgan fingerprint density at radius 1 is 1.06 bits per heavy atom. The summed E-state index contributed by atoms with van der Waals surface area (Å²) in [5.74, 6) is 0.547. The number of hydrogen-bond acceptors (Lipinski definition) is 5. The minimum absolute atomic E-state index is 0.0833. The number of halogens is 1. The van der Waals surface area contributed by atoms with Crippen molar-refractivity contribution >= 4 is 23.4 Å². The van der Waals surface area contributed by atoms with E-state index in [4.69, 9.17) is 25.8 Å². The summed E-state index contributed by atoms with van der Waals surface area (Å²) in [4.78, 5) is 27.9. The van der Waals surface area contributed by atoms with Crippen molar-refractivity contribution in [1.82, 2.24) is 10.2 Å². The van der Waals surface area contributed by atoms with E-state index in [2.05, 4.69) is 5.32 Å². The summed E-state index contributed by atoms with van der Waals surface area (Å²) in [6, 6.07) is 10.6. The van der Waals surface area contributed by atoms with Crippen LogP contribution in [0, 0.1) is 5.92 Å². The molecular weight excluding hydrogens is 432 g/mol. The van der Waals surface area contributed by atoms with Crippen LogP contribution >= 0.6 is 11.6 Å². The van der Waals surface area contributed by atoms with Crippen LogP contribution in [0.2, 0.25) is 5.02 Å². The van der Waals surface area contributed by atoms with Gasteiger partial charge in [-0.3, -0.25) is 9.59 Å². The molecule has 2 atom stereocenters. The highest BCUT2D eigenvalue weighted by molar-refractivity contribution is 6.33. The normalized spacial score (nSPS) is 17.7. The molecule has 2 amide bonds. The largest absolute Gasteiger partial charge is 0.493 e. The van der Waals surface area contributed by atoms with Crippen molar-refractivity contribution in [2.45, 2.75) is 19.3 Å². The van der Waals surface area contributed by atoms with E-state index in [0.717, 1.165) is 12.0 Å². The van der Waals surface area contributed by atoms with Gasteiger partial charge < -0.3 is 24.4 Å². The maximum absolute atomic E-state index is 13.2. The molecule has 172 valence electrons. The number of carbonyl (C=O) groups excluding carboxylic acids is 2. The first-order valence-corrected chi connectivity index (χ1v) is 10.9. The zero-order valence-corrected chi connectivity index (χ0v) is 19.6. The quantitative estimate of drug-likeness (QED) is 0.649. The fourth-order valence-electron chi connectivity index (χ4n) is 4.07. The Hall–Kier alpha value is -2.93. The Kier molecular flexibility index (Phi) is 7.85. The molecule has 0 radical (unpaired) electrons. The number of nitrogens with zero attached hydrogens (tertiary/aromatic N) is 1. The summed E-state index contributed by atoms with van der Waals surface area (Å²) >= 11 is 6.26. The maximum Gasteiger partial charge on any atom is 0.255 e. The third-order valence-electron chi connectivity index (χ3n) is 5.71. The molecule has 1 aliphatic rings. The van der Waals surface area contributed by atoms with Crippen LogP contribution in [0.5, 0.6) is 17.2 Å². The summed E-state index contributed by atoms with van der Waals surface area (Å²) in [6.45, 7) is 3.24. The second kappa shape index (κ2) is 10.6. The van der Waals surface area contributed by atoms with Gasteiger partial charge in [0.2, 0.25) is 11.7 Å². The van der Waals surface area contributed by atoms with Crippen molar-refractivity contribution in [1.29, 1.82) is 0 Å². The van der Waals surface area contributed by atoms with Gasteiger partial charge in [-0.1, -0.05) is 30.7 Å². The van der Waals surface area contributed by atoms with Crippen LogP contribution in [0.3, 0.4) is 0 Å². The summed E-state index contributed by atoms with van der Waals surface area (Å²) < 4.78 is 16.4. The molecule has 1 N–H and O–H groups in total. The first-order chi connectivity index (χ1) is 15.4. The molecule has 32 heavy (non-hydrogen) atoms. The lowest BCUT2D eigenvalue weighted by Gasteiger charge is -2.21. The van der Waals surface area contributed by atoms with Crippen molar-refractivity contribution in [3.05, 3.63) is 52.5 Å². The fraction of sp³-hybridized carbons (Fsp3) is 0.417. The van der Waals surface area contributed by atoms with E-state index >= 15 is 0 Å². The molecule has 0 saturated carbocycles. The van der Waals surface area contributed by atoms with E-state index < -0.39 is 5.92 Å². The molecule has 1 aliphatic heterocycles. The lowest BCUT2D eigenvalue weighted by molar-refractivity contribution is -0.124. The van der Waals surface area contributed by atoms with E-state index in [0.29, 0.717) is 47.5 Å². The van der Waals surface area contributed by atoms with Crippen LogP contribution < -0.4 is 19.5 Å². The number of benzene rings is 2. The number of methoxy groups -OCH3 is 3. The summed E-state index contributed by atoms with van der Waals surface area (Å²) in [6.07, 6.45) is 0.829. The monoisotopic (exact) mass is 460 g/mol. The zero-order valence-electron chi connectivity index (χ0n) is 18.8. The number of likely N-dealkylation sites (tertiary alicyclic amines) is 1. The van der Waals surface area contributed by atoms with Gasteiger partial charge in [0.05, 0.1) is 37.8 Å². The van der Waals surface area contributed by atoms with Crippen molar-refractivity contribution in [2.75, 3.05) is 41.0 Å². The lowest BCUT2D eigenvalue weighted by atomic mass is 9.88. The SMILES string of the molecule is CCCNC(=O)[C@H]1CN(C(=O)c2ccccc2Cl)C[C@@H]1c1cc(OC)c(OC)c(OC)c1. The number of ether oxygens (including phenoxy) is 3. The van der Waals surface area contributed by atoms with Crippen molar-refractivity contribution in [3.63, 3.8) is 0 Å². The van der Waals surface area contributed by atoms with E-state index in [9.17, 15) is 9.59 Å². The predicted octanol–water partition coefficient (Wildman–Crippen LogP) is 3.75. The third kappa shape index (κ3) is 4.78. The fourth-order valence-corrected chi connectivity index (χ4v) is 4.29. The second-order valence-corrected chi connectivity index (χ2v) is 8.06. The molecule has 7 nitrogen and oxygen atoms in total. The Morgan fingerprint density at radius 3 is 2.28 bits per heavy atom. The van der Waals surface area contributed by atoms with Crippen LogP contribution in [-0.4, -0.2) is 57.7 Å². The zero-order chi connectivity index (χ0) is 23.3. The van der Waals surface area contributed by atoms with Crippen LogP contribution in [-0.2, 0) is 4.79 Å². The first-order valence-electron chi connectivity index (χ1n) is 10.6. The van der Waals surface area contributed by atoms with Gasteiger partial charge in [0.15, 0.2) is 11.5 Å². The molecule has 2 aromatic rings. The average molecular weight is 461 g/mol. The maximum atomic E-state index is 13.2. The van der Waals surface area contributed by atoms with Gasteiger partial charge in [-0.15, -0.1) is 0 Å². The van der Waals surface area contributed by atoms with Crippen molar-refractivity contribution < 1.29 is 23.8 Å². The van der Waals surface area contributed by atoms with Crippen LogP contribution in [0.25, 0.3) is 0 Å². The predicted molar refractivity (Wildman–Crippen MR) is 123 cm³/mol. The summed E-state index contributed by atoms with van der Waals surface area (Å²) in [5, 5.41) is 3.36. The third-order valence-corrected chi connectivity index (χ3v) is 6.04. The smallest absolute Gasteiger partial charge is 0.255 e. The minimum atomic E-state index is -0.421. The van der Waals surface area contributed by atoms with Crippen LogP contribution in [0.4, 0.5) is 0 Å². The minimum Gasteiger partial charge on any atom is -0.493 e. The van der Waals surface area contributed by atoms with E-state index in [1.165, 1.54) is 0 Å². The number of rotatable bonds is 8. The van der Waals surface area contributed by atoms with Gasteiger partial charge >= 0.3 is 0 Å². The Morgan fingerprint density at radius 2 is 1.72 bits per heavy atom. The molecule has 0 aromatic heterocycles. The number of amides is 2. The highest BCUT2D eigenvalue weighted by Crippen LogP contribution is 2.43. The van der Waals surface area contributed by atoms with Gasteiger partial charge in [-0.2, -0.15) is 0 Å². The van der Waals surface area contributed by atoms with Crippen molar-refractivity contribution in [2.24, 2.45) is 5.92 Å². The molecule has 1 fully saturated rings. The highest BCUT2D eigenvalue weighted by atomic mass is 35.5. The van der Waals surface area contributed by atoms with E-state index in [-0.39, 0.29) is 17.7 Å². The van der Waals surface area contributed by atoms with Gasteiger partial charge in [-0.05, 0) is 36.2 Å². The van der Waals surface area contributed by atoms with Gasteiger partial charge in [0, 0.05) is 25.6 Å². The van der Waals surface area contributed by atoms with Crippen molar-refractivity contribution in [3.8, 4) is 17.2 Å². The average Bonchev–Trinajstić information content (AvgIpc) is 3.27. The van der Waals surface area contributed by atoms with Gasteiger partial charge in [-0.25, -0.2) is 0 Å². The molecule has 0 aliphatic carbocycles. The van der Waals surface area contributed by atoms with Crippen LogP contribution in [0.15, 0.2) is 36.4 Å². The standard InChI is InChI=1S/C24H29ClN2O5/c1-5-10-26-23(28)18-14-27(24(29)16-8-6-7-9-19(16)25)13-17(18)15-11-20(30-2)22(32-4)21(12-15)31-3/h6-9,11-12,17-18H,5,10,13-14H2,1-4H3,(H,26,28)/t17-,18+/m1/s1. The molecule has 0 spiro atoms. The second-order valence-electron chi connectivity index (χ2n) is 7.65. The van der Waals surface area contributed by atoms with E-state index in [1.807, 2.05) is 19.1 Å². The Balaban J connectivity index is 1.99. The topological polar surface area (TPSA) is 77.1 Å². The molecule has 1 saturated heterocycles. The molecule has 8 heteroatoms. The summed E-state index contributed by atoms with van der Waals surface area (Å²) in [5.41, 5.74) is 1.26. The molecule has 1 heterocycles. The Bertz CT molecular complexity index is 956. The molecule has 3 rings (SSSR count). The highest BCUT2D eigenvalue weighted by Gasteiger charge is 2.41. The molecule has 2 aromatic carbocycles. The Labute approximate surface area is 193 Å². The number of nitrogens with one attached hydrogen (secondary N) is 1. The molecule has 0 bridgehead atoms. The first kappa shape index (κ1) is 23.7. The van der Waals surface area contributed by atoms with Gasteiger partial charge in [0.1, 0.15) is 0 Å². The van der Waals surface area contributed by atoms with Crippen LogP contribution in [0.1, 0.15) is 35.2 Å². The summed E-state index contributed by atoms with van der Waals surface area (Å²) in [7, 11) is 4.64. The van der Waals surface area contributed by atoms with E-state index in [1.54, 1.807) is 50.5 Å². The lowest BCUT2D eigenvalue weighted by Crippen LogP contribution is -2.36.